The molecule has 0 atom stereocenters. The molecule has 3 heterocycles. The standard InChI is InChI=1S/C26H35N5O3/c1-29(2)12-4-5-25(32)30-13-9-22(10-14-30)31(18-19-6-7-19)23-15-21(17-28-26(23)33)20-8-11-27-24(16-20)34-3/h4-5,8,11,15-17,19,22H,6-7,9-10,12-14,18H2,1-3H3,(H,28,33). The highest BCUT2D eigenvalue weighted by molar-refractivity contribution is 5.87. The smallest absolute Gasteiger partial charge is 0.271 e. The van der Waals surface area contributed by atoms with Gasteiger partial charge in [-0.2, -0.15) is 0 Å². The SMILES string of the molecule is COc1cc(-c2c[nH]c(=O)c(N(CC3CC3)C3CCN(C(=O)C=CCN(C)C)CC3)c2)ccn1. The van der Waals surface area contributed by atoms with Gasteiger partial charge in [0.15, 0.2) is 0 Å². The molecule has 8 heteroatoms. The lowest BCUT2D eigenvalue weighted by atomic mass is 10.0. The molecule has 0 aromatic carbocycles. The molecule has 0 radical (unpaired) electrons. The predicted molar refractivity (Wildman–Crippen MR) is 134 cm³/mol. The Hall–Kier alpha value is -3.13. The number of hydrogen-bond acceptors (Lipinski definition) is 6. The van der Waals surface area contributed by atoms with Gasteiger partial charge in [0, 0.05) is 62.3 Å². The van der Waals surface area contributed by atoms with E-state index in [2.05, 4.69) is 14.9 Å². The number of likely N-dealkylation sites (N-methyl/N-ethyl adjacent to an activating group) is 1. The molecule has 2 aliphatic rings. The molecular weight excluding hydrogens is 430 g/mol. The maximum Gasteiger partial charge on any atom is 0.271 e. The van der Waals surface area contributed by atoms with E-state index >= 15 is 0 Å². The van der Waals surface area contributed by atoms with E-state index in [4.69, 9.17) is 4.74 Å². The molecule has 2 fully saturated rings. The topological polar surface area (TPSA) is 81.8 Å². The van der Waals surface area contributed by atoms with Crippen LogP contribution in [0.3, 0.4) is 0 Å². The number of carbonyl (C=O) groups is 1. The molecule has 0 unspecified atom stereocenters. The van der Waals surface area contributed by atoms with E-state index in [9.17, 15) is 9.59 Å². The summed E-state index contributed by atoms with van der Waals surface area (Å²) in [5.74, 6) is 1.25. The van der Waals surface area contributed by atoms with Gasteiger partial charge >= 0.3 is 0 Å². The monoisotopic (exact) mass is 465 g/mol. The Morgan fingerprint density at radius 3 is 2.65 bits per heavy atom. The molecular formula is C26H35N5O3. The predicted octanol–water partition coefficient (Wildman–Crippen LogP) is 2.77. The number of piperidine rings is 1. The van der Waals surface area contributed by atoms with Gasteiger partial charge in [-0.1, -0.05) is 6.08 Å². The number of methoxy groups -OCH3 is 1. The molecule has 1 saturated heterocycles. The molecule has 1 saturated carbocycles. The maximum absolute atomic E-state index is 12.9. The summed E-state index contributed by atoms with van der Waals surface area (Å²) in [5, 5.41) is 0. The van der Waals surface area contributed by atoms with Crippen molar-refractivity contribution in [3.8, 4) is 17.0 Å². The number of carbonyl (C=O) groups excluding carboxylic acids is 1. The fourth-order valence-electron chi connectivity index (χ4n) is 4.44. The van der Waals surface area contributed by atoms with Gasteiger partial charge in [-0.15, -0.1) is 0 Å². The Morgan fingerprint density at radius 2 is 1.97 bits per heavy atom. The Labute approximate surface area is 201 Å². The number of hydrogen-bond donors (Lipinski definition) is 1. The van der Waals surface area contributed by atoms with E-state index in [1.54, 1.807) is 25.6 Å². The number of aromatic amines is 1. The third-order valence-corrected chi connectivity index (χ3v) is 6.57. The number of likely N-dealkylation sites (tertiary alicyclic amines) is 1. The molecule has 1 N–H and O–H groups in total. The van der Waals surface area contributed by atoms with Crippen molar-refractivity contribution in [3.63, 3.8) is 0 Å². The number of ether oxygens (including phenoxy) is 1. The zero-order chi connectivity index (χ0) is 24.1. The van der Waals surface area contributed by atoms with E-state index in [1.165, 1.54) is 12.8 Å². The minimum atomic E-state index is -0.0736. The van der Waals surface area contributed by atoms with E-state index < -0.39 is 0 Å². The van der Waals surface area contributed by atoms with Crippen molar-refractivity contribution in [2.45, 2.75) is 31.7 Å². The normalized spacial score (nSPS) is 16.9. The summed E-state index contributed by atoms with van der Waals surface area (Å²) >= 11 is 0. The lowest BCUT2D eigenvalue weighted by Crippen LogP contribution is -2.48. The van der Waals surface area contributed by atoms with Crippen LogP contribution in [0.4, 0.5) is 5.69 Å². The second-order valence-corrected chi connectivity index (χ2v) is 9.51. The second-order valence-electron chi connectivity index (χ2n) is 9.51. The van der Waals surface area contributed by atoms with Gasteiger partial charge in [-0.25, -0.2) is 4.98 Å². The third kappa shape index (κ3) is 6.05. The van der Waals surface area contributed by atoms with Crippen LogP contribution in [0.25, 0.3) is 11.1 Å². The van der Waals surface area contributed by atoms with E-state index in [0.29, 0.717) is 30.6 Å². The minimum absolute atomic E-state index is 0.0699. The molecule has 2 aromatic heterocycles. The number of anilines is 1. The van der Waals surface area contributed by atoms with Gasteiger partial charge in [0.05, 0.1) is 7.11 Å². The zero-order valence-corrected chi connectivity index (χ0v) is 20.4. The van der Waals surface area contributed by atoms with Gasteiger partial charge in [0.25, 0.3) is 5.56 Å². The summed E-state index contributed by atoms with van der Waals surface area (Å²) in [4.78, 5) is 38.9. The molecule has 8 nitrogen and oxygen atoms in total. The Morgan fingerprint density at radius 1 is 1.21 bits per heavy atom. The summed E-state index contributed by atoms with van der Waals surface area (Å²) < 4.78 is 5.27. The maximum atomic E-state index is 12.9. The van der Waals surface area contributed by atoms with Crippen molar-refractivity contribution in [3.05, 3.63) is 53.1 Å². The zero-order valence-electron chi connectivity index (χ0n) is 20.4. The summed E-state index contributed by atoms with van der Waals surface area (Å²) in [6.07, 6.45) is 11.2. The quantitative estimate of drug-likeness (QED) is 0.574. The largest absolute Gasteiger partial charge is 0.481 e. The molecule has 182 valence electrons. The highest BCUT2D eigenvalue weighted by atomic mass is 16.5. The van der Waals surface area contributed by atoms with Crippen LogP contribution >= 0.6 is 0 Å². The number of aromatic nitrogens is 2. The fraction of sp³-hybridized carbons (Fsp3) is 0.500. The molecule has 34 heavy (non-hydrogen) atoms. The molecule has 1 aliphatic carbocycles. The minimum Gasteiger partial charge on any atom is -0.481 e. The van der Waals surface area contributed by atoms with E-state index in [1.807, 2.05) is 48.2 Å². The Bertz CT molecular complexity index is 1070. The Balaban J connectivity index is 1.51. The van der Waals surface area contributed by atoms with Crippen LogP contribution in [0.15, 0.2) is 47.5 Å². The summed E-state index contributed by atoms with van der Waals surface area (Å²) in [6, 6.07) is 6.01. The molecule has 0 bridgehead atoms. The van der Waals surface area contributed by atoms with Gasteiger partial charge in [0.2, 0.25) is 11.8 Å². The second kappa shape index (κ2) is 10.9. The van der Waals surface area contributed by atoms with Gasteiger partial charge < -0.3 is 24.4 Å². The lowest BCUT2D eigenvalue weighted by Gasteiger charge is -2.39. The number of H-pyrrole nitrogens is 1. The first-order valence-corrected chi connectivity index (χ1v) is 12.0. The van der Waals surface area contributed by atoms with Gasteiger partial charge in [-0.3, -0.25) is 9.59 Å². The summed E-state index contributed by atoms with van der Waals surface area (Å²) in [5.41, 5.74) is 2.50. The van der Waals surface area contributed by atoms with E-state index in [-0.39, 0.29) is 17.5 Å². The van der Waals surface area contributed by atoms with Crippen LogP contribution in [0.1, 0.15) is 25.7 Å². The van der Waals surface area contributed by atoms with E-state index in [0.717, 1.165) is 37.1 Å². The van der Waals surface area contributed by atoms with Gasteiger partial charge in [-0.05, 0) is 63.4 Å². The number of nitrogens with zero attached hydrogens (tertiary/aromatic N) is 4. The molecule has 2 aromatic rings. The number of pyridine rings is 2. The van der Waals surface area contributed by atoms with Crippen molar-refractivity contribution in [2.24, 2.45) is 5.92 Å². The highest BCUT2D eigenvalue weighted by Crippen LogP contribution is 2.34. The first-order valence-electron chi connectivity index (χ1n) is 12.0. The van der Waals surface area contributed by atoms with Crippen LogP contribution < -0.4 is 15.2 Å². The first kappa shape index (κ1) is 24.0. The average molecular weight is 466 g/mol. The van der Waals surface area contributed by atoms with Crippen LogP contribution in [0, 0.1) is 5.92 Å². The van der Waals surface area contributed by atoms with Crippen molar-refractivity contribution in [1.29, 1.82) is 0 Å². The molecule has 4 rings (SSSR count). The van der Waals surface area contributed by atoms with Crippen molar-refractivity contribution in [1.82, 2.24) is 19.8 Å². The number of nitrogens with one attached hydrogen (secondary N) is 1. The highest BCUT2D eigenvalue weighted by Gasteiger charge is 2.32. The molecule has 1 aliphatic heterocycles. The Kier molecular flexibility index (Phi) is 7.67. The van der Waals surface area contributed by atoms with Crippen molar-refractivity contribution >= 4 is 11.6 Å². The third-order valence-electron chi connectivity index (χ3n) is 6.57. The number of amides is 1. The first-order chi connectivity index (χ1) is 16.4. The average Bonchev–Trinajstić information content (AvgIpc) is 3.67. The van der Waals surface area contributed by atoms with Crippen LogP contribution in [-0.2, 0) is 4.79 Å². The van der Waals surface area contributed by atoms with Crippen LogP contribution in [0.5, 0.6) is 5.88 Å². The summed E-state index contributed by atoms with van der Waals surface area (Å²) in [6.45, 7) is 3.04. The molecule has 1 amide bonds. The van der Waals surface area contributed by atoms with Crippen LogP contribution in [-0.4, -0.2) is 79.1 Å². The fourth-order valence-corrected chi connectivity index (χ4v) is 4.44. The van der Waals surface area contributed by atoms with Crippen molar-refractivity contribution < 1.29 is 9.53 Å². The van der Waals surface area contributed by atoms with Gasteiger partial charge in [0.1, 0.15) is 5.69 Å². The summed E-state index contributed by atoms with van der Waals surface area (Å²) in [7, 11) is 5.56. The number of rotatable bonds is 9. The lowest BCUT2D eigenvalue weighted by molar-refractivity contribution is -0.127. The van der Waals surface area contributed by atoms with Crippen molar-refractivity contribution in [2.75, 3.05) is 52.3 Å². The van der Waals surface area contributed by atoms with Crippen LogP contribution in [0.2, 0.25) is 0 Å². The molecule has 0 spiro atoms.